The predicted molar refractivity (Wildman–Crippen MR) is 207 cm³/mol. The number of para-hydroxylation sites is 1. The van der Waals surface area contributed by atoms with Crippen LogP contribution in [0, 0.1) is 0 Å². The first-order valence-corrected chi connectivity index (χ1v) is 18.4. The molecule has 55 heavy (non-hydrogen) atoms. The van der Waals surface area contributed by atoms with E-state index >= 15 is 0 Å². The molecule has 0 spiro atoms. The fourth-order valence-electron chi connectivity index (χ4n) is 7.58. The lowest BCUT2D eigenvalue weighted by Crippen LogP contribution is -2.36. The van der Waals surface area contributed by atoms with E-state index in [0.717, 1.165) is 57.6 Å². The molecule has 0 atom stereocenters. The molecular weight excluding hydrogens is 698 g/mol. The molecule has 3 heterocycles. The molecule has 3 aromatic heterocycles. The van der Waals surface area contributed by atoms with E-state index in [-0.39, 0.29) is 5.75 Å². The molecule has 1 N–H and O–H groups in total. The molecule has 0 saturated carbocycles. The lowest BCUT2D eigenvalue weighted by Gasteiger charge is -2.37. The summed E-state index contributed by atoms with van der Waals surface area (Å²) in [6.45, 7) is 0.608. The maximum Gasteiger partial charge on any atom is 0.573 e. The first kappa shape index (κ1) is 35.6. The van der Waals surface area contributed by atoms with E-state index in [1.165, 1.54) is 12.1 Å². The Balaban J connectivity index is 1.07. The molecule has 0 unspecified atom stereocenters. The summed E-state index contributed by atoms with van der Waals surface area (Å²) in [4.78, 5) is 8.44. The number of hydrogen-bond acceptors (Lipinski definition) is 4. The van der Waals surface area contributed by atoms with Crippen molar-refractivity contribution in [3.8, 4) is 5.75 Å². The van der Waals surface area contributed by atoms with E-state index in [0.29, 0.717) is 37.2 Å². The number of aromatic nitrogens is 6. The van der Waals surface area contributed by atoms with Crippen LogP contribution in [0.5, 0.6) is 5.75 Å². The van der Waals surface area contributed by atoms with Gasteiger partial charge < -0.3 is 18.9 Å². The second-order valence-corrected chi connectivity index (χ2v) is 13.6. The molecule has 7 nitrogen and oxygen atoms in total. The van der Waals surface area contributed by atoms with Crippen LogP contribution in [0.1, 0.15) is 51.7 Å². The first-order chi connectivity index (χ1) is 26.8. The van der Waals surface area contributed by atoms with Crippen LogP contribution >= 0.6 is 0 Å². The zero-order valence-corrected chi connectivity index (χ0v) is 30.0. The molecule has 0 aliphatic carbocycles. The summed E-state index contributed by atoms with van der Waals surface area (Å²) in [6, 6.07) is 47.8. The molecule has 0 aliphatic heterocycles. The molecule has 0 bridgehead atoms. The molecule has 0 amide bonds. The Bertz CT molecular complexity index is 2340. The molecule has 276 valence electrons. The minimum atomic E-state index is -4.77. The summed E-state index contributed by atoms with van der Waals surface area (Å²) in [5.41, 5.74) is 6.47. The highest BCUT2D eigenvalue weighted by Crippen LogP contribution is 2.41. The number of aromatic amines is 1. The van der Waals surface area contributed by atoms with Gasteiger partial charge in [0.05, 0.1) is 12.0 Å². The Labute approximate surface area is 317 Å². The van der Waals surface area contributed by atoms with Crippen molar-refractivity contribution in [3.63, 3.8) is 0 Å². The Morgan fingerprint density at radius 1 is 0.636 bits per heavy atom. The van der Waals surface area contributed by atoms with Crippen LogP contribution in [0.15, 0.2) is 158 Å². The third-order valence-electron chi connectivity index (χ3n) is 10.0. The number of nitrogens with zero attached hydrogens (tertiary/aromatic N) is 5. The summed E-state index contributed by atoms with van der Waals surface area (Å²) in [5, 5.41) is 10.3. The maximum atomic E-state index is 13.0. The van der Waals surface area contributed by atoms with Gasteiger partial charge in [0.1, 0.15) is 22.9 Å². The fraction of sp³-hybridized carbons (Fsp3) is 0.178. The van der Waals surface area contributed by atoms with Gasteiger partial charge in [0.15, 0.2) is 0 Å². The summed E-state index contributed by atoms with van der Waals surface area (Å²) in [6.07, 6.45) is 2.40. The number of ether oxygens (including phenoxy) is 1. The second-order valence-electron chi connectivity index (χ2n) is 13.6. The number of rotatable bonds is 14. The van der Waals surface area contributed by atoms with E-state index in [4.69, 9.17) is 4.98 Å². The van der Waals surface area contributed by atoms with Crippen LogP contribution in [0.2, 0.25) is 0 Å². The van der Waals surface area contributed by atoms with E-state index in [2.05, 4.69) is 126 Å². The largest absolute Gasteiger partial charge is 0.573 e. The van der Waals surface area contributed by atoms with Crippen molar-refractivity contribution in [2.75, 3.05) is 0 Å². The van der Waals surface area contributed by atoms with E-state index in [9.17, 15) is 13.2 Å². The Kier molecular flexibility index (Phi) is 10.0. The Morgan fingerprint density at radius 3 is 1.93 bits per heavy atom. The van der Waals surface area contributed by atoms with Crippen LogP contribution in [0.3, 0.4) is 0 Å². The standard InChI is InChI=1S/C45H39F3N6O/c46-45(47,48)55-40-23-12-14-33(28-40)29-43-52-51-42(26-25-38-30-34-15-10-11-24-41(34)50-38)54(43)27-13-22-39-31-53(32-49-39)44(35-16-4-1-5-17-35,36-18-6-2-7-19-36)37-20-8-3-9-21-37/h1-12,14-21,23-24,28,30-32,50H,13,22,25-27,29H2. The third kappa shape index (κ3) is 7.80. The molecule has 0 fully saturated rings. The van der Waals surface area contributed by atoms with Crippen molar-refractivity contribution in [2.24, 2.45) is 0 Å². The minimum absolute atomic E-state index is 0.261. The van der Waals surface area contributed by atoms with Crippen molar-refractivity contribution in [3.05, 3.63) is 203 Å². The predicted octanol–water partition coefficient (Wildman–Crippen LogP) is 9.70. The minimum Gasteiger partial charge on any atom is -0.406 e. The molecular formula is C45H39F3N6O. The molecule has 5 aromatic carbocycles. The number of imidazole rings is 1. The van der Waals surface area contributed by atoms with E-state index in [1.54, 1.807) is 12.1 Å². The number of aryl methyl sites for hydroxylation is 3. The van der Waals surface area contributed by atoms with Gasteiger partial charge in [0.25, 0.3) is 0 Å². The Morgan fingerprint density at radius 2 is 1.27 bits per heavy atom. The highest BCUT2D eigenvalue weighted by atomic mass is 19.4. The average Bonchev–Trinajstić information content (AvgIpc) is 3.94. The van der Waals surface area contributed by atoms with Gasteiger partial charge in [0.2, 0.25) is 0 Å². The molecule has 10 heteroatoms. The smallest absolute Gasteiger partial charge is 0.406 e. The number of hydrogen-bond donors (Lipinski definition) is 1. The quantitative estimate of drug-likeness (QED) is 0.113. The summed E-state index contributed by atoms with van der Waals surface area (Å²) < 4.78 is 47.5. The highest BCUT2D eigenvalue weighted by Gasteiger charge is 2.38. The number of alkyl halides is 3. The van der Waals surface area contributed by atoms with Crippen LogP contribution < -0.4 is 4.74 Å². The van der Waals surface area contributed by atoms with Gasteiger partial charge >= 0.3 is 6.36 Å². The van der Waals surface area contributed by atoms with Gasteiger partial charge in [-0.05, 0) is 71.2 Å². The molecule has 0 aliphatic rings. The molecule has 8 rings (SSSR count). The highest BCUT2D eigenvalue weighted by molar-refractivity contribution is 5.80. The van der Waals surface area contributed by atoms with Crippen LogP contribution in [-0.4, -0.2) is 35.7 Å². The monoisotopic (exact) mass is 736 g/mol. The van der Waals surface area contributed by atoms with Gasteiger partial charge in [-0.3, -0.25) is 0 Å². The summed E-state index contributed by atoms with van der Waals surface area (Å²) in [5.74, 6) is 1.24. The summed E-state index contributed by atoms with van der Waals surface area (Å²) in [7, 11) is 0. The average molecular weight is 737 g/mol. The van der Waals surface area contributed by atoms with Crippen molar-refractivity contribution in [1.82, 2.24) is 29.3 Å². The van der Waals surface area contributed by atoms with E-state index in [1.807, 2.05) is 36.7 Å². The lowest BCUT2D eigenvalue weighted by molar-refractivity contribution is -0.274. The van der Waals surface area contributed by atoms with E-state index < -0.39 is 11.9 Å². The van der Waals surface area contributed by atoms with Crippen LogP contribution in [0.25, 0.3) is 10.9 Å². The number of halogens is 3. The van der Waals surface area contributed by atoms with Crippen molar-refractivity contribution < 1.29 is 17.9 Å². The zero-order chi connectivity index (χ0) is 37.7. The van der Waals surface area contributed by atoms with Crippen LogP contribution in [-0.2, 0) is 37.8 Å². The molecule has 0 saturated heterocycles. The van der Waals surface area contributed by atoms with Crippen molar-refractivity contribution in [2.45, 2.75) is 50.6 Å². The van der Waals surface area contributed by atoms with Crippen molar-refractivity contribution in [1.29, 1.82) is 0 Å². The maximum absolute atomic E-state index is 13.0. The van der Waals surface area contributed by atoms with Crippen molar-refractivity contribution >= 4 is 10.9 Å². The lowest BCUT2D eigenvalue weighted by atomic mass is 9.77. The van der Waals surface area contributed by atoms with Gasteiger partial charge in [-0.15, -0.1) is 23.4 Å². The number of fused-ring (bicyclic) bond motifs is 1. The Hall–Kier alpha value is -6.42. The zero-order valence-electron chi connectivity index (χ0n) is 30.0. The summed E-state index contributed by atoms with van der Waals surface area (Å²) >= 11 is 0. The molecule has 0 radical (unpaired) electrons. The van der Waals surface area contributed by atoms with Gasteiger partial charge in [-0.25, -0.2) is 4.98 Å². The fourth-order valence-corrected chi connectivity index (χ4v) is 7.58. The normalized spacial score (nSPS) is 12.0. The first-order valence-electron chi connectivity index (χ1n) is 18.4. The van der Waals surface area contributed by atoms with Gasteiger partial charge in [0, 0.05) is 36.8 Å². The second kappa shape index (κ2) is 15.5. The van der Waals surface area contributed by atoms with Crippen LogP contribution in [0.4, 0.5) is 13.2 Å². The van der Waals surface area contributed by atoms with Gasteiger partial charge in [-0.1, -0.05) is 121 Å². The number of H-pyrrole nitrogens is 1. The third-order valence-corrected chi connectivity index (χ3v) is 10.0. The number of nitrogens with one attached hydrogen (secondary N) is 1. The number of benzene rings is 5. The molecule has 8 aromatic rings. The van der Waals surface area contributed by atoms with Gasteiger partial charge in [-0.2, -0.15) is 0 Å². The topological polar surface area (TPSA) is 73.6 Å². The SMILES string of the molecule is FC(F)(F)Oc1cccc(Cc2nnc(CCc3cc4ccccc4[nH]3)n2CCCc2cn(C(c3ccccc3)(c3ccccc3)c3ccccc3)cn2)c1.